The lowest BCUT2D eigenvalue weighted by atomic mass is 9.68. The van der Waals surface area contributed by atoms with Crippen molar-refractivity contribution in [1.29, 1.82) is 0 Å². The smallest absolute Gasteiger partial charge is 0.126 e. The van der Waals surface area contributed by atoms with Crippen LogP contribution in [0, 0.1) is 29.5 Å². The van der Waals surface area contributed by atoms with Crippen LogP contribution in [0.5, 0.6) is 0 Å². The zero-order valence-electron chi connectivity index (χ0n) is 16.2. The molecular weight excluding hydrogens is 343 g/mol. The van der Waals surface area contributed by atoms with Crippen LogP contribution in [0.25, 0.3) is 0 Å². The van der Waals surface area contributed by atoms with Gasteiger partial charge in [-0.1, -0.05) is 49.6 Å². The Kier molecular flexibility index (Phi) is 7.61. The fourth-order valence-electron chi connectivity index (χ4n) is 5.26. The zero-order chi connectivity index (χ0) is 18.4. The maximum atomic E-state index is 13.9. The third-order valence-corrected chi connectivity index (χ3v) is 7.20. The van der Waals surface area contributed by atoms with Gasteiger partial charge in [-0.2, -0.15) is 0 Å². The molecule has 26 heavy (non-hydrogen) atoms. The van der Waals surface area contributed by atoms with E-state index in [1.807, 2.05) is 13.0 Å². The van der Waals surface area contributed by atoms with Gasteiger partial charge in [-0.15, -0.1) is 0 Å². The standard InChI is InChI=1S/C24H34ClF/c1-2-21-10-9-20(17-24(21)26)4-3-18-5-11-22(12-6-18)23-13-7-19(8-14-23)15-16-25/h9-10,15-19,22-23H,2-8,11-14H2,1H3. The lowest BCUT2D eigenvalue weighted by molar-refractivity contribution is 0.153. The van der Waals surface area contributed by atoms with Crippen molar-refractivity contribution in [2.24, 2.45) is 23.7 Å². The molecule has 2 saturated carbocycles. The van der Waals surface area contributed by atoms with Gasteiger partial charge in [-0.3, -0.25) is 0 Å². The second-order valence-electron chi connectivity index (χ2n) is 8.59. The summed E-state index contributed by atoms with van der Waals surface area (Å²) in [5, 5.41) is 0. The molecule has 0 N–H and O–H groups in total. The molecule has 0 aliphatic heterocycles. The van der Waals surface area contributed by atoms with Gasteiger partial charge in [-0.05, 0) is 98.7 Å². The van der Waals surface area contributed by atoms with Crippen molar-refractivity contribution in [3.8, 4) is 0 Å². The largest absolute Gasteiger partial charge is 0.207 e. The number of hydrogen-bond acceptors (Lipinski definition) is 0. The van der Waals surface area contributed by atoms with Gasteiger partial charge in [0.1, 0.15) is 5.82 Å². The Morgan fingerprint density at radius 3 is 2.23 bits per heavy atom. The van der Waals surface area contributed by atoms with Crippen LogP contribution in [0.2, 0.25) is 0 Å². The Morgan fingerprint density at radius 2 is 1.65 bits per heavy atom. The molecule has 0 aromatic heterocycles. The highest BCUT2D eigenvalue weighted by Gasteiger charge is 2.30. The fourth-order valence-corrected chi connectivity index (χ4v) is 5.47. The van der Waals surface area contributed by atoms with Crippen LogP contribution in [0.3, 0.4) is 0 Å². The predicted molar refractivity (Wildman–Crippen MR) is 110 cm³/mol. The third kappa shape index (κ3) is 5.35. The summed E-state index contributed by atoms with van der Waals surface area (Å²) in [6.07, 6.45) is 16.2. The predicted octanol–water partition coefficient (Wildman–Crippen LogP) is 7.69. The van der Waals surface area contributed by atoms with Crippen molar-refractivity contribution < 1.29 is 4.39 Å². The summed E-state index contributed by atoms with van der Waals surface area (Å²) >= 11 is 5.73. The Morgan fingerprint density at radius 1 is 1.00 bits per heavy atom. The fraction of sp³-hybridized carbons (Fsp3) is 0.667. The van der Waals surface area contributed by atoms with Crippen LogP contribution in [0.15, 0.2) is 29.8 Å². The quantitative estimate of drug-likeness (QED) is 0.477. The van der Waals surface area contributed by atoms with Gasteiger partial charge in [0.25, 0.3) is 0 Å². The highest BCUT2D eigenvalue weighted by molar-refractivity contribution is 6.25. The highest BCUT2D eigenvalue weighted by atomic mass is 35.5. The van der Waals surface area contributed by atoms with Crippen molar-refractivity contribution in [2.45, 2.75) is 77.6 Å². The summed E-state index contributed by atoms with van der Waals surface area (Å²) < 4.78 is 13.9. The minimum absolute atomic E-state index is 0.0201. The number of allylic oxidation sites excluding steroid dienone is 1. The van der Waals surface area contributed by atoms with Crippen LogP contribution in [0.1, 0.15) is 75.8 Å². The van der Waals surface area contributed by atoms with E-state index in [1.54, 1.807) is 11.6 Å². The topological polar surface area (TPSA) is 0 Å². The number of halogens is 2. The summed E-state index contributed by atoms with van der Waals surface area (Å²) in [6.45, 7) is 2.01. The average molecular weight is 377 g/mol. The molecule has 0 bridgehead atoms. The molecule has 1 aromatic carbocycles. The van der Waals surface area contributed by atoms with Gasteiger partial charge < -0.3 is 0 Å². The van der Waals surface area contributed by atoms with Gasteiger partial charge in [0.05, 0.1) is 0 Å². The van der Waals surface area contributed by atoms with Crippen LogP contribution in [-0.4, -0.2) is 0 Å². The Balaban J connectivity index is 1.39. The molecule has 2 aliphatic rings. The molecule has 2 fully saturated rings. The normalized spacial score (nSPS) is 30.0. The molecule has 2 aliphatic carbocycles. The van der Waals surface area contributed by atoms with E-state index in [0.717, 1.165) is 42.1 Å². The molecule has 0 heterocycles. The first-order valence-electron chi connectivity index (χ1n) is 10.7. The first kappa shape index (κ1) is 19.9. The second-order valence-corrected chi connectivity index (χ2v) is 8.84. The number of rotatable bonds is 6. The maximum absolute atomic E-state index is 13.9. The van der Waals surface area contributed by atoms with E-state index in [1.165, 1.54) is 63.4 Å². The van der Waals surface area contributed by atoms with Crippen molar-refractivity contribution >= 4 is 11.6 Å². The number of benzene rings is 1. The molecule has 0 spiro atoms. The van der Waals surface area contributed by atoms with Crippen LogP contribution >= 0.6 is 11.6 Å². The van der Waals surface area contributed by atoms with Crippen LogP contribution in [-0.2, 0) is 12.8 Å². The van der Waals surface area contributed by atoms with Gasteiger partial charge in [-0.25, -0.2) is 4.39 Å². The van der Waals surface area contributed by atoms with Crippen molar-refractivity contribution in [3.63, 3.8) is 0 Å². The Labute approximate surface area is 164 Å². The van der Waals surface area contributed by atoms with Crippen molar-refractivity contribution in [1.82, 2.24) is 0 Å². The van der Waals surface area contributed by atoms with E-state index >= 15 is 0 Å². The molecule has 0 atom stereocenters. The molecule has 0 saturated heterocycles. The van der Waals surface area contributed by atoms with E-state index in [2.05, 4.69) is 12.1 Å². The molecule has 3 rings (SSSR count). The maximum Gasteiger partial charge on any atom is 0.126 e. The summed E-state index contributed by atoms with van der Waals surface area (Å²) in [5.74, 6) is 3.45. The Bertz CT molecular complexity index is 578. The zero-order valence-corrected chi connectivity index (χ0v) is 17.0. The number of aryl methyl sites for hydroxylation is 2. The highest BCUT2D eigenvalue weighted by Crippen LogP contribution is 2.42. The molecule has 0 radical (unpaired) electrons. The minimum Gasteiger partial charge on any atom is -0.207 e. The molecule has 1 aromatic rings. The van der Waals surface area contributed by atoms with Crippen LogP contribution in [0.4, 0.5) is 4.39 Å². The first-order chi connectivity index (χ1) is 12.7. The summed E-state index contributed by atoms with van der Waals surface area (Å²) in [5.41, 5.74) is 3.72. The monoisotopic (exact) mass is 376 g/mol. The van der Waals surface area contributed by atoms with E-state index in [4.69, 9.17) is 11.6 Å². The lowest BCUT2D eigenvalue weighted by Gasteiger charge is -2.37. The third-order valence-electron chi connectivity index (χ3n) is 7.06. The van der Waals surface area contributed by atoms with Gasteiger partial charge in [0, 0.05) is 5.54 Å². The van der Waals surface area contributed by atoms with E-state index < -0.39 is 0 Å². The summed E-state index contributed by atoms with van der Waals surface area (Å²) in [4.78, 5) is 0. The summed E-state index contributed by atoms with van der Waals surface area (Å²) in [7, 11) is 0. The van der Waals surface area contributed by atoms with Gasteiger partial charge in [0.2, 0.25) is 0 Å². The number of hydrogen-bond donors (Lipinski definition) is 0. The van der Waals surface area contributed by atoms with Crippen LogP contribution < -0.4 is 0 Å². The summed E-state index contributed by atoms with van der Waals surface area (Å²) in [6, 6.07) is 5.86. The molecule has 0 unspecified atom stereocenters. The first-order valence-corrected chi connectivity index (χ1v) is 11.2. The molecule has 2 heteroatoms. The molecule has 0 amide bonds. The minimum atomic E-state index is -0.0201. The van der Waals surface area contributed by atoms with Crippen molar-refractivity contribution in [3.05, 3.63) is 46.8 Å². The molecular formula is C24H34ClF. The molecule has 0 nitrogen and oxygen atoms in total. The Hall–Kier alpha value is -0.820. The van der Waals surface area contributed by atoms with Gasteiger partial charge in [0.15, 0.2) is 0 Å². The second kappa shape index (κ2) is 9.93. The van der Waals surface area contributed by atoms with E-state index in [9.17, 15) is 4.39 Å². The average Bonchev–Trinajstić information content (AvgIpc) is 2.68. The van der Waals surface area contributed by atoms with Crippen molar-refractivity contribution in [2.75, 3.05) is 0 Å². The van der Waals surface area contributed by atoms with E-state index in [0.29, 0.717) is 0 Å². The SMILES string of the molecule is CCc1ccc(CCC2CCC(C3CCC(C=CCl)CC3)CC2)cc1F. The van der Waals surface area contributed by atoms with E-state index in [-0.39, 0.29) is 5.82 Å². The lowest BCUT2D eigenvalue weighted by Crippen LogP contribution is -2.25. The molecule has 144 valence electrons. The van der Waals surface area contributed by atoms with Gasteiger partial charge >= 0.3 is 0 Å².